The van der Waals surface area contributed by atoms with E-state index < -0.39 is 5.79 Å². The molecule has 0 bridgehead atoms. The maximum atomic E-state index is 6.01. The second kappa shape index (κ2) is 5.76. The van der Waals surface area contributed by atoms with E-state index in [9.17, 15) is 0 Å². The van der Waals surface area contributed by atoms with Gasteiger partial charge in [0.1, 0.15) is 18.5 Å². The molecule has 2 aromatic rings. The average molecular weight is 285 g/mol. The van der Waals surface area contributed by atoms with Crippen LogP contribution in [-0.4, -0.2) is 19.3 Å². The van der Waals surface area contributed by atoms with Crippen LogP contribution in [0.4, 0.5) is 5.69 Å². The van der Waals surface area contributed by atoms with Crippen molar-refractivity contribution in [1.82, 2.24) is 0 Å². The van der Waals surface area contributed by atoms with Gasteiger partial charge in [-0.1, -0.05) is 36.4 Å². The quantitative estimate of drug-likeness (QED) is 0.878. The third kappa shape index (κ3) is 3.17. The molecule has 0 radical (unpaired) electrons. The fourth-order valence-corrected chi connectivity index (χ4v) is 2.41. The van der Waals surface area contributed by atoms with E-state index in [0.29, 0.717) is 18.9 Å². The summed E-state index contributed by atoms with van der Waals surface area (Å²) < 4.78 is 17.5. The largest absolute Gasteiger partial charge is 0.491 e. The molecule has 0 saturated carbocycles. The van der Waals surface area contributed by atoms with E-state index in [1.165, 1.54) is 0 Å². The highest BCUT2D eigenvalue weighted by Crippen LogP contribution is 2.33. The van der Waals surface area contributed by atoms with Gasteiger partial charge in [0.25, 0.3) is 0 Å². The van der Waals surface area contributed by atoms with E-state index in [2.05, 4.69) is 0 Å². The average Bonchev–Trinajstić information content (AvgIpc) is 2.89. The van der Waals surface area contributed by atoms with Gasteiger partial charge in [0, 0.05) is 17.3 Å². The van der Waals surface area contributed by atoms with E-state index in [0.717, 1.165) is 11.3 Å². The molecule has 0 amide bonds. The Kier molecular flexibility index (Phi) is 3.82. The molecule has 2 N–H and O–H groups in total. The zero-order valence-electron chi connectivity index (χ0n) is 12.0. The van der Waals surface area contributed by atoms with Gasteiger partial charge in [-0.15, -0.1) is 0 Å². The van der Waals surface area contributed by atoms with Crippen LogP contribution in [0, 0.1) is 0 Å². The van der Waals surface area contributed by atoms with Crippen LogP contribution in [0.5, 0.6) is 5.75 Å². The molecule has 2 unspecified atom stereocenters. The van der Waals surface area contributed by atoms with E-state index in [4.69, 9.17) is 19.9 Å². The Morgan fingerprint density at radius 3 is 2.76 bits per heavy atom. The van der Waals surface area contributed by atoms with Gasteiger partial charge in [-0.3, -0.25) is 0 Å². The topological polar surface area (TPSA) is 53.7 Å². The molecule has 0 spiro atoms. The Balaban J connectivity index is 1.60. The standard InChI is InChI=1S/C17H19NO3/c1-17(13-6-3-2-4-7-13)20-12-16(21-17)11-19-15-9-5-8-14(18)10-15/h2-10,16H,11-12,18H2,1H3. The predicted molar refractivity (Wildman–Crippen MR) is 81.0 cm³/mol. The fourth-order valence-electron chi connectivity index (χ4n) is 2.41. The van der Waals surface area contributed by atoms with Gasteiger partial charge in [0.15, 0.2) is 5.79 Å². The Morgan fingerprint density at radius 1 is 1.19 bits per heavy atom. The molecule has 2 aromatic carbocycles. The summed E-state index contributed by atoms with van der Waals surface area (Å²) in [5.41, 5.74) is 7.42. The molecule has 1 aliphatic rings. The molecule has 1 aliphatic heterocycles. The number of ether oxygens (including phenoxy) is 3. The van der Waals surface area contributed by atoms with E-state index in [1.54, 1.807) is 6.07 Å². The van der Waals surface area contributed by atoms with Crippen molar-refractivity contribution in [3.8, 4) is 5.75 Å². The highest BCUT2D eigenvalue weighted by molar-refractivity contribution is 5.43. The first-order chi connectivity index (χ1) is 10.2. The SMILES string of the molecule is CC1(c2ccccc2)OCC(COc2cccc(N)c2)O1. The lowest BCUT2D eigenvalue weighted by atomic mass is 10.1. The Bertz CT molecular complexity index is 602. The minimum absolute atomic E-state index is 0.100. The van der Waals surface area contributed by atoms with E-state index >= 15 is 0 Å². The summed E-state index contributed by atoms with van der Waals surface area (Å²) in [7, 11) is 0. The molecule has 1 fully saturated rings. The van der Waals surface area contributed by atoms with Gasteiger partial charge in [-0.2, -0.15) is 0 Å². The van der Waals surface area contributed by atoms with Crippen molar-refractivity contribution in [2.75, 3.05) is 18.9 Å². The maximum Gasteiger partial charge on any atom is 0.192 e. The molecule has 0 aromatic heterocycles. The zero-order valence-corrected chi connectivity index (χ0v) is 12.0. The van der Waals surface area contributed by atoms with Crippen molar-refractivity contribution < 1.29 is 14.2 Å². The predicted octanol–water partition coefficient (Wildman–Crippen LogP) is 2.94. The van der Waals surface area contributed by atoms with Gasteiger partial charge in [-0.25, -0.2) is 0 Å². The Labute approximate surface area is 124 Å². The molecule has 3 rings (SSSR count). The number of nitrogen functional groups attached to an aromatic ring is 1. The van der Waals surface area contributed by atoms with Crippen molar-refractivity contribution in [1.29, 1.82) is 0 Å². The number of hydrogen-bond acceptors (Lipinski definition) is 4. The summed E-state index contributed by atoms with van der Waals surface area (Å²) in [5, 5.41) is 0. The van der Waals surface area contributed by atoms with Crippen LogP contribution >= 0.6 is 0 Å². The van der Waals surface area contributed by atoms with Crippen LogP contribution in [0.1, 0.15) is 12.5 Å². The first-order valence-corrected chi connectivity index (χ1v) is 7.01. The molecular formula is C17H19NO3. The first-order valence-electron chi connectivity index (χ1n) is 7.01. The minimum Gasteiger partial charge on any atom is -0.491 e. The second-order valence-corrected chi connectivity index (χ2v) is 5.25. The fraction of sp³-hybridized carbons (Fsp3) is 0.294. The highest BCUT2D eigenvalue weighted by atomic mass is 16.7. The Morgan fingerprint density at radius 2 is 2.00 bits per heavy atom. The van der Waals surface area contributed by atoms with Crippen molar-refractivity contribution in [2.24, 2.45) is 0 Å². The van der Waals surface area contributed by atoms with Crippen LogP contribution in [0.25, 0.3) is 0 Å². The lowest BCUT2D eigenvalue weighted by molar-refractivity contribution is -0.164. The van der Waals surface area contributed by atoms with Crippen LogP contribution < -0.4 is 10.5 Å². The summed E-state index contributed by atoms with van der Waals surface area (Å²) in [6, 6.07) is 17.3. The molecule has 4 heteroatoms. The minimum atomic E-state index is -0.703. The number of rotatable bonds is 4. The third-order valence-corrected chi connectivity index (χ3v) is 3.53. The smallest absolute Gasteiger partial charge is 0.192 e. The normalized spacial score (nSPS) is 24.9. The molecule has 0 aliphatic carbocycles. The van der Waals surface area contributed by atoms with Crippen LogP contribution in [0.3, 0.4) is 0 Å². The number of benzene rings is 2. The molecule has 4 nitrogen and oxygen atoms in total. The van der Waals surface area contributed by atoms with Gasteiger partial charge < -0.3 is 19.9 Å². The van der Waals surface area contributed by atoms with Gasteiger partial charge in [0.05, 0.1) is 6.61 Å². The molecule has 1 saturated heterocycles. The molecule has 21 heavy (non-hydrogen) atoms. The summed E-state index contributed by atoms with van der Waals surface area (Å²) in [5.74, 6) is 0.0391. The van der Waals surface area contributed by atoms with Crippen LogP contribution in [0.15, 0.2) is 54.6 Å². The highest BCUT2D eigenvalue weighted by Gasteiger charge is 2.39. The van der Waals surface area contributed by atoms with Gasteiger partial charge in [-0.05, 0) is 19.1 Å². The number of nitrogens with two attached hydrogens (primary N) is 1. The van der Waals surface area contributed by atoms with Crippen molar-refractivity contribution >= 4 is 5.69 Å². The summed E-state index contributed by atoms with van der Waals surface area (Å²) in [6.07, 6.45) is -0.100. The second-order valence-electron chi connectivity index (χ2n) is 5.25. The summed E-state index contributed by atoms with van der Waals surface area (Å²) in [4.78, 5) is 0. The third-order valence-electron chi connectivity index (χ3n) is 3.53. The lowest BCUT2D eigenvalue weighted by Gasteiger charge is -2.23. The Hall–Kier alpha value is -2.04. The van der Waals surface area contributed by atoms with Crippen molar-refractivity contribution in [2.45, 2.75) is 18.8 Å². The molecule has 1 heterocycles. The van der Waals surface area contributed by atoms with Crippen LogP contribution in [0.2, 0.25) is 0 Å². The zero-order chi connectivity index (χ0) is 14.7. The molecular weight excluding hydrogens is 266 g/mol. The van der Waals surface area contributed by atoms with Crippen LogP contribution in [-0.2, 0) is 15.3 Å². The van der Waals surface area contributed by atoms with E-state index in [1.807, 2.05) is 55.5 Å². The lowest BCUT2D eigenvalue weighted by Crippen LogP contribution is -2.26. The van der Waals surface area contributed by atoms with Crippen molar-refractivity contribution in [3.63, 3.8) is 0 Å². The monoisotopic (exact) mass is 285 g/mol. The maximum absolute atomic E-state index is 6.01. The number of hydrogen-bond donors (Lipinski definition) is 1. The number of anilines is 1. The molecule has 110 valence electrons. The van der Waals surface area contributed by atoms with Gasteiger partial charge >= 0.3 is 0 Å². The van der Waals surface area contributed by atoms with E-state index in [-0.39, 0.29) is 6.10 Å². The summed E-state index contributed by atoms with van der Waals surface area (Å²) >= 11 is 0. The van der Waals surface area contributed by atoms with Gasteiger partial charge in [0.2, 0.25) is 0 Å². The van der Waals surface area contributed by atoms with Crippen molar-refractivity contribution in [3.05, 3.63) is 60.2 Å². The summed E-state index contributed by atoms with van der Waals surface area (Å²) in [6.45, 7) is 2.88. The molecule has 2 atom stereocenters. The first kappa shape index (κ1) is 13.9.